The molecule has 3 rings (SSSR count). The number of aromatic nitrogens is 2. The smallest absolute Gasteiger partial charge is 0.123 e. The Balaban J connectivity index is 2.27. The van der Waals surface area contributed by atoms with Crippen molar-refractivity contribution in [2.24, 2.45) is 0 Å². The Morgan fingerprint density at radius 3 is 2.60 bits per heavy atom. The van der Waals surface area contributed by atoms with Gasteiger partial charge in [-0.2, -0.15) is 0 Å². The van der Waals surface area contributed by atoms with Gasteiger partial charge in [0.1, 0.15) is 5.82 Å². The highest BCUT2D eigenvalue weighted by Gasteiger charge is 2.09. The van der Waals surface area contributed by atoms with E-state index in [2.05, 4.69) is 9.97 Å². The zero-order valence-electron chi connectivity index (χ0n) is 11.7. The van der Waals surface area contributed by atoms with E-state index in [-0.39, 0.29) is 5.82 Å². The van der Waals surface area contributed by atoms with Crippen LogP contribution in [0.15, 0.2) is 36.5 Å². The monoisotopic (exact) mass is 266 g/mol. The molecule has 3 heteroatoms. The third-order valence-electron chi connectivity index (χ3n) is 3.52. The normalized spacial score (nSPS) is 11.0. The maximum atomic E-state index is 13.5. The molecule has 20 heavy (non-hydrogen) atoms. The van der Waals surface area contributed by atoms with Gasteiger partial charge in [-0.15, -0.1) is 0 Å². The van der Waals surface area contributed by atoms with E-state index in [1.54, 1.807) is 6.07 Å². The highest BCUT2D eigenvalue weighted by molar-refractivity contribution is 5.87. The summed E-state index contributed by atoms with van der Waals surface area (Å²) < 4.78 is 13.5. The molecule has 0 aliphatic heterocycles. The summed E-state index contributed by atoms with van der Waals surface area (Å²) in [6.45, 7) is 5.90. The average molecular weight is 266 g/mol. The molecule has 2 aromatic heterocycles. The Morgan fingerprint density at radius 1 is 1.00 bits per heavy atom. The van der Waals surface area contributed by atoms with Gasteiger partial charge in [-0.25, -0.2) is 4.39 Å². The third-order valence-corrected chi connectivity index (χ3v) is 3.52. The predicted octanol–water partition coefficient (Wildman–Crippen LogP) is 4.36. The fourth-order valence-electron chi connectivity index (χ4n) is 2.43. The summed E-state index contributed by atoms with van der Waals surface area (Å²) in [6, 6.07) is 8.78. The first-order valence-corrected chi connectivity index (χ1v) is 6.55. The van der Waals surface area contributed by atoms with Gasteiger partial charge in [0.2, 0.25) is 0 Å². The van der Waals surface area contributed by atoms with Crippen LogP contribution in [0.25, 0.3) is 22.0 Å². The number of pyridine rings is 2. The van der Waals surface area contributed by atoms with Gasteiger partial charge in [-0.1, -0.05) is 6.07 Å². The minimum Gasteiger partial charge on any atom is -0.261 e. The second-order valence-electron chi connectivity index (χ2n) is 5.10. The zero-order chi connectivity index (χ0) is 14.3. The molecule has 0 atom stereocenters. The maximum absolute atomic E-state index is 13.5. The van der Waals surface area contributed by atoms with Gasteiger partial charge in [0.25, 0.3) is 0 Å². The van der Waals surface area contributed by atoms with Gasteiger partial charge in [-0.05, 0) is 50.6 Å². The summed E-state index contributed by atoms with van der Waals surface area (Å²) in [4.78, 5) is 8.94. The minimum absolute atomic E-state index is 0.243. The Hall–Kier alpha value is -2.29. The van der Waals surface area contributed by atoms with E-state index in [4.69, 9.17) is 0 Å². The highest BCUT2D eigenvalue weighted by atomic mass is 19.1. The molecule has 1 aromatic carbocycles. The van der Waals surface area contributed by atoms with Crippen molar-refractivity contribution in [3.05, 3.63) is 59.3 Å². The topological polar surface area (TPSA) is 25.8 Å². The molecule has 0 saturated heterocycles. The van der Waals surface area contributed by atoms with Crippen LogP contribution in [0.1, 0.15) is 17.0 Å². The fraction of sp³-hybridized carbons (Fsp3) is 0.176. The minimum atomic E-state index is -0.243. The molecule has 0 aliphatic rings. The molecule has 0 radical (unpaired) electrons. The fourth-order valence-corrected chi connectivity index (χ4v) is 2.43. The van der Waals surface area contributed by atoms with E-state index in [1.807, 2.05) is 39.1 Å². The Bertz CT molecular complexity index is 809. The molecule has 3 aromatic rings. The quantitative estimate of drug-likeness (QED) is 0.654. The van der Waals surface area contributed by atoms with Crippen molar-refractivity contribution in [3.8, 4) is 11.3 Å². The lowest BCUT2D eigenvalue weighted by atomic mass is 10.0. The first-order chi connectivity index (χ1) is 9.54. The van der Waals surface area contributed by atoms with Crippen LogP contribution in [-0.2, 0) is 0 Å². The van der Waals surface area contributed by atoms with Crippen molar-refractivity contribution < 1.29 is 4.39 Å². The second-order valence-corrected chi connectivity index (χ2v) is 5.10. The van der Waals surface area contributed by atoms with Crippen LogP contribution >= 0.6 is 0 Å². The molecule has 0 unspecified atom stereocenters. The van der Waals surface area contributed by atoms with Gasteiger partial charge in [0.05, 0.1) is 5.69 Å². The van der Waals surface area contributed by atoms with E-state index in [9.17, 15) is 4.39 Å². The maximum Gasteiger partial charge on any atom is 0.123 e. The first-order valence-electron chi connectivity index (χ1n) is 6.55. The second kappa shape index (κ2) is 4.67. The number of hydrogen-bond acceptors (Lipinski definition) is 2. The van der Waals surface area contributed by atoms with Crippen molar-refractivity contribution in [1.29, 1.82) is 0 Å². The lowest BCUT2D eigenvalue weighted by Gasteiger charge is -2.09. The Kier molecular flexibility index (Phi) is 2.97. The highest BCUT2D eigenvalue weighted by Crippen LogP contribution is 2.27. The van der Waals surface area contributed by atoms with E-state index in [1.165, 1.54) is 12.1 Å². The molecule has 100 valence electrons. The molecule has 0 aliphatic carbocycles. The van der Waals surface area contributed by atoms with Crippen LogP contribution in [-0.4, -0.2) is 9.97 Å². The van der Waals surface area contributed by atoms with E-state index in [0.717, 1.165) is 39.0 Å². The van der Waals surface area contributed by atoms with E-state index >= 15 is 0 Å². The van der Waals surface area contributed by atoms with E-state index < -0.39 is 0 Å². The molecule has 0 N–H and O–H groups in total. The predicted molar refractivity (Wildman–Crippen MR) is 79.1 cm³/mol. The van der Waals surface area contributed by atoms with Crippen molar-refractivity contribution in [1.82, 2.24) is 9.97 Å². The number of halogens is 1. The number of fused-ring (bicyclic) bond motifs is 1. The van der Waals surface area contributed by atoms with Crippen molar-refractivity contribution >= 4 is 10.8 Å². The van der Waals surface area contributed by atoms with Gasteiger partial charge < -0.3 is 0 Å². The van der Waals surface area contributed by atoms with Crippen molar-refractivity contribution in [2.75, 3.05) is 0 Å². The van der Waals surface area contributed by atoms with Crippen molar-refractivity contribution in [3.63, 3.8) is 0 Å². The lowest BCUT2D eigenvalue weighted by molar-refractivity contribution is 0.628. The molecule has 0 saturated carbocycles. The largest absolute Gasteiger partial charge is 0.261 e. The number of hydrogen-bond donors (Lipinski definition) is 0. The van der Waals surface area contributed by atoms with Crippen LogP contribution in [0.5, 0.6) is 0 Å². The third kappa shape index (κ3) is 2.16. The summed E-state index contributed by atoms with van der Waals surface area (Å²) >= 11 is 0. The van der Waals surface area contributed by atoms with Crippen LogP contribution in [0.2, 0.25) is 0 Å². The van der Waals surface area contributed by atoms with Gasteiger partial charge in [0, 0.05) is 33.9 Å². The molecule has 2 heterocycles. The number of rotatable bonds is 1. The van der Waals surface area contributed by atoms with Crippen LogP contribution in [0.3, 0.4) is 0 Å². The standard InChI is InChI=1S/C17H15FN2/c1-10-4-5-14(18)8-15(10)17-7-13-9-19-11(2)6-16(13)12(3)20-17/h4-9H,1-3H3. The van der Waals surface area contributed by atoms with Gasteiger partial charge in [-0.3, -0.25) is 9.97 Å². The molecular formula is C17H15FN2. The number of benzene rings is 1. The van der Waals surface area contributed by atoms with Gasteiger partial charge >= 0.3 is 0 Å². The SMILES string of the molecule is Cc1cc2c(C)nc(-c3cc(F)ccc3C)cc2cn1. The molecule has 0 fully saturated rings. The number of aryl methyl sites for hydroxylation is 3. The van der Waals surface area contributed by atoms with Gasteiger partial charge in [0.15, 0.2) is 0 Å². The molecule has 0 amide bonds. The Morgan fingerprint density at radius 2 is 1.80 bits per heavy atom. The average Bonchev–Trinajstić information content (AvgIpc) is 2.42. The van der Waals surface area contributed by atoms with Crippen LogP contribution in [0, 0.1) is 26.6 Å². The summed E-state index contributed by atoms with van der Waals surface area (Å²) in [6.07, 6.45) is 1.84. The van der Waals surface area contributed by atoms with E-state index in [0.29, 0.717) is 0 Å². The zero-order valence-corrected chi connectivity index (χ0v) is 11.7. The summed E-state index contributed by atoms with van der Waals surface area (Å²) in [7, 11) is 0. The lowest BCUT2D eigenvalue weighted by Crippen LogP contribution is -1.94. The summed E-state index contributed by atoms with van der Waals surface area (Å²) in [5.74, 6) is -0.243. The summed E-state index contributed by atoms with van der Waals surface area (Å²) in [5.41, 5.74) is 4.54. The molecule has 0 spiro atoms. The molecule has 0 bridgehead atoms. The Labute approximate surface area is 117 Å². The van der Waals surface area contributed by atoms with Crippen LogP contribution < -0.4 is 0 Å². The van der Waals surface area contributed by atoms with Crippen molar-refractivity contribution in [2.45, 2.75) is 20.8 Å². The first kappa shape index (κ1) is 12.7. The van der Waals surface area contributed by atoms with Crippen LogP contribution in [0.4, 0.5) is 4.39 Å². The molecular weight excluding hydrogens is 251 g/mol. The molecule has 2 nitrogen and oxygen atoms in total. The summed E-state index contributed by atoms with van der Waals surface area (Å²) in [5, 5.41) is 2.12. The number of nitrogens with zero attached hydrogens (tertiary/aromatic N) is 2.